The number of nitrogens with two attached hydrogens (primary N) is 1. The molecule has 0 aliphatic carbocycles. The predicted octanol–water partition coefficient (Wildman–Crippen LogP) is 1.51. The highest BCUT2D eigenvalue weighted by Gasteiger charge is 2.17. The molecule has 17 heavy (non-hydrogen) atoms. The Morgan fingerprint density at radius 2 is 2.47 bits per heavy atom. The summed E-state index contributed by atoms with van der Waals surface area (Å²) in [6, 6.07) is 4.03. The number of aromatic nitrogens is 2. The Labute approximate surface area is 100 Å². The van der Waals surface area contributed by atoms with Crippen LogP contribution in [0.4, 0.5) is 0 Å². The molecule has 0 amide bonds. The van der Waals surface area contributed by atoms with Gasteiger partial charge in [0.1, 0.15) is 5.65 Å². The largest absolute Gasteiger partial charge is 0.378 e. The molecular weight excluding hydrogens is 214 g/mol. The molecule has 3 rings (SSSR count). The third kappa shape index (κ3) is 2.06. The lowest BCUT2D eigenvalue weighted by Gasteiger charge is -2.05. The lowest BCUT2D eigenvalue weighted by molar-refractivity contribution is 0.111. The Morgan fingerprint density at radius 3 is 3.24 bits per heavy atom. The number of nitrogens with zero attached hydrogens (tertiary/aromatic N) is 2. The monoisotopic (exact) mass is 231 g/mol. The minimum Gasteiger partial charge on any atom is -0.378 e. The molecule has 0 aromatic carbocycles. The number of pyridine rings is 1. The maximum Gasteiger partial charge on any atom is 0.141 e. The summed E-state index contributed by atoms with van der Waals surface area (Å²) in [4.78, 5) is 4.65. The van der Waals surface area contributed by atoms with Gasteiger partial charge < -0.3 is 14.9 Å². The summed E-state index contributed by atoms with van der Waals surface area (Å²) in [6.45, 7) is 1.42. The molecule has 1 aliphatic rings. The molecule has 2 aromatic heterocycles. The van der Waals surface area contributed by atoms with Crippen LogP contribution in [0, 0.1) is 0 Å². The summed E-state index contributed by atoms with van der Waals surface area (Å²) in [5.41, 5.74) is 8.87. The molecule has 0 bridgehead atoms. The molecule has 1 saturated heterocycles. The highest BCUT2D eigenvalue weighted by molar-refractivity contribution is 5.48. The van der Waals surface area contributed by atoms with Crippen LogP contribution in [0.3, 0.4) is 0 Å². The fourth-order valence-electron chi connectivity index (χ4n) is 2.42. The Balaban J connectivity index is 1.90. The zero-order valence-corrected chi connectivity index (χ0v) is 9.80. The van der Waals surface area contributed by atoms with Gasteiger partial charge in [0.15, 0.2) is 0 Å². The lowest BCUT2D eigenvalue weighted by Crippen LogP contribution is -2.08. The fourth-order valence-corrected chi connectivity index (χ4v) is 2.42. The van der Waals surface area contributed by atoms with Crippen molar-refractivity contribution in [1.29, 1.82) is 0 Å². The highest BCUT2D eigenvalue weighted by atomic mass is 16.5. The average Bonchev–Trinajstić information content (AvgIpc) is 2.97. The number of fused-ring (bicyclic) bond motifs is 1. The van der Waals surface area contributed by atoms with E-state index >= 15 is 0 Å². The maximum atomic E-state index is 5.71. The summed E-state index contributed by atoms with van der Waals surface area (Å²) in [6.07, 6.45) is 7.67. The Bertz CT molecular complexity index is 514. The Hall–Kier alpha value is -1.39. The van der Waals surface area contributed by atoms with Crippen molar-refractivity contribution < 1.29 is 4.74 Å². The molecule has 4 nitrogen and oxygen atoms in total. The van der Waals surface area contributed by atoms with Crippen LogP contribution in [-0.4, -0.2) is 22.1 Å². The molecule has 90 valence electrons. The lowest BCUT2D eigenvalue weighted by atomic mass is 10.1. The molecule has 0 spiro atoms. The molecule has 1 fully saturated rings. The van der Waals surface area contributed by atoms with Gasteiger partial charge in [0, 0.05) is 37.5 Å². The SMILES string of the molecule is NCc1cccn2cc(CC3CCCO3)nc12. The zero-order chi connectivity index (χ0) is 11.7. The van der Waals surface area contributed by atoms with E-state index in [-0.39, 0.29) is 0 Å². The fraction of sp³-hybridized carbons (Fsp3) is 0.462. The average molecular weight is 231 g/mol. The van der Waals surface area contributed by atoms with Crippen LogP contribution in [0.1, 0.15) is 24.1 Å². The van der Waals surface area contributed by atoms with Gasteiger partial charge in [-0.1, -0.05) is 6.07 Å². The predicted molar refractivity (Wildman–Crippen MR) is 65.8 cm³/mol. The van der Waals surface area contributed by atoms with E-state index in [9.17, 15) is 0 Å². The third-order valence-corrected chi connectivity index (χ3v) is 3.29. The summed E-state index contributed by atoms with van der Waals surface area (Å²) >= 11 is 0. The van der Waals surface area contributed by atoms with E-state index in [1.54, 1.807) is 0 Å². The molecule has 0 saturated carbocycles. The van der Waals surface area contributed by atoms with Gasteiger partial charge in [0.2, 0.25) is 0 Å². The molecule has 1 atom stereocenters. The topological polar surface area (TPSA) is 52.5 Å². The van der Waals surface area contributed by atoms with Crippen molar-refractivity contribution in [1.82, 2.24) is 9.38 Å². The second kappa shape index (κ2) is 4.47. The smallest absolute Gasteiger partial charge is 0.141 e. The molecule has 1 aliphatic heterocycles. The van der Waals surface area contributed by atoms with Gasteiger partial charge in [-0.25, -0.2) is 4.98 Å². The number of imidazole rings is 1. The maximum absolute atomic E-state index is 5.71. The standard InChI is InChI=1S/C13H17N3O/c14-8-10-3-1-5-16-9-11(15-13(10)16)7-12-4-2-6-17-12/h1,3,5,9,12H,2,4,6-8,14H2. The van der Waals surface area contributed by atoms with Crippen LogP contribution in [-0.2, 0) is 17.7 Å². The summed E-state index contributed by atoms with van der Waals surface area (Å²) in [5.74, 6) is 0. The minimum atomic E-state index is 0.348. The first-order valence-electron chi connectivity index (χ1n) is 6.14. The minimum absolute atomic E-state index is 0.348. The molecule has 0 radical (unpaired) electrons. The van der Waals surface area contributed by atoms with E-state index in [1.165, 1.54) is 6.42 Å². The number of hydrogen-bond acceptors (Lipinski definition) is 3. The molecule has 4 heteroatoms. The van der Waals surface area contributed by atoms with E-state index in [1.807, 2.05) is 22.7 Å². The van der Waals surface area contributed by atoms with Crippen LogP contribution < -0.4 is 5.73 Å². The second-order valence-corrected chi connectivity index (χ2v) is 4.54. The first-order valence-corrected chi connectivity index (χ1v) is 6.14. The van der Waals surface area contributed by atoms with Gasteiger partial charge in [-0.3, -0.25) is 0 Å². The second-order valence-electron chi connectivity index (χ2n) is 4.54. The van der Waals surface area contributed by atoms with Gasteiger partial charge in [0.25, 0.3) is 0 Å². The van der Waals surface area contributed by atoms with Crippen LogP contribution >= 0.6 is 0 Å². The van der Waals surface area contributed by atoms with Gasteiger partial charge in [-0.15, -0.1) is 0 Å². The van der Waals surface area contributed by atoms with Crippen LogP contribution in [0.5, 0.6) is 0 Å². The van der Waals surface area contributed by atoms with Crippen molar-refractivity contribution in [2.24, 2.45) is 5.73 Å². The van der Waals surface area contributed by atoms with Gasteiger partial charge in [-0.2, -0.15) is 0 Å². The van der Waals surface area contributed by atoms with Crippen molar-refractivity contribution in [2.45, 2.75) is 31.9 Å². The quantitative estimate of drug-likeness (QED) is 0.871. The number of ether oxygens (including phenoxy) is 1. The van der Waals surface area contributed by atoms with Gasteiger partial charge in [0.05, 0.1) is 11.8 Å². The third-order valence-electron chi connectivity index (χ3n) is 3.29. The van der Waals surface area contributed by atoms with Crippen LogP contribution in [0.15, 0.2) is 24.5 Å². The van der Waals surface area contributed by atoms with Crippen LogP contribution in [0.25, 0.3) is 5.65 Å². The van der Waals surface area contributed by atoms with E-state index < -0.39 is 0 Å². The number of rotatable bonds is 3. The summed E-state index contributed by atoms with van der Waals surface area (Å²) in [7, 11) is 0. The van der Waals surface area contributed by atoms with Crippen molar-refractivity contribution in [3.05, 3.63) is 35.8 Å². The summed E-state index contributed by atoms with van der Waals surface area (Å²) in [5, 5.41) is 0. The van der Waals surface area contributed by atoms with Crippen molar-refractivity contribution >= 4 is 5.65 Å². The molecule has 3 heterocycles. The first kappa shape index (κ1) is 10.7. The normalized spacial score (nSPS) is 20.2. The molecule has 1 unspecified atom stereocenters. The van der Waals surface area contributed by atoms with E-state index in [0.717, 1.165) is 36.4 Å². The Morgan fingerprint density at radius 1 is 1.53 bits per heavy atom. The Kier molecular flexibility index (Phi) is 2.82. The van der Waals surface area contributed by atoms with Crippen LogP contribution in [0.2, 0.25) is 0 Å². The highest BCUT2D eigenvalue weighted by Crippen LogP contribution is 2.18. The molecule has 2 N–H and O–H groups in total. The molecular formula is C13H17N3O. The van der Waals surface area contributed by atoms with E-state index in [0.29, 0.717) is 12.6 Å². The zero-order valence-electron chi connectivity index (χ0n) is 9.80. The van der Waals surface area contributed by atoms with E-state index in [2.05, 4.69) is 11.2 Å². The van der Waals surface area contributed by atoms with Gasteiger partial charge in [-0.05, 0) is 18.9 Å². The van der Waals surface area contributed by atoms with E-state index in [4.69, 9.17) is 10.5 Å². The summed E-state index contributed by atoms with van der Waals surface area (Å²) < 4.78 is 7.68. The molecule has 2 aromatic rings. The number of hydrogen-bond donors (Lipinski definition) is 1. The first-order chi connectivity index (χ1) is 8.36. The van der Waals surface area contributed by atoms with Crippen molar-refractivity contribution in [3.8, 4) is 0 Å². The van der Waals surface area contributed by atoms with Gasteiger partial charge >= 0.3 is 0 Å². The van der Waals surface area contributed by atoms with Crippen molar-refractivity contribution in [3.63, 3.8) is 0 Å². The van der Waals surface area contributed by atoms with Crippen molar-refractivity contribution in [2.75, 3.05) is 6.61 Å².